The molecule has 1 unspecified atom stereocenters. The number of carbonyl (C=O) groups excluding carboxylic acids is 1. The second-order valence-corrected chi connectivity index (χ2v) is 8.07. The van der Waals surface area contributed by atoms with E-state index in [2.05, 4.69) is 20.9 Å². The van der Waals surface area contributed by atoms with Crippen molar-refractivity contribution in [3.05, 3.63) is 54.0 Å². The predicted octanol–water partition coefficient (Wildman–Crippen LogP) is 2.32. The zero-order valence-corrected chi connectivity index (χ0v) is 16.1. The lowest BCUT2D eigenvalue weighted by Crippen LogP contribution is -2.48. The number of thioether (sulfide) groups is 1. The molecule has 0 saturated carbocycles. The van der Waals surface area contributed by atoms with Crippen molar-refractivity contribution in [1.82, 2.24) is 19.8 Å². The lowest BCUT2D eigenvalue weighted by atomic mass is 10.2. The highest BCUT2D eigenvalue weighted by Gasteiger charge is 2.23. The standard InChI is InChI=1S/C20H24N4O2S/c25-20(17-3-4-19(22-13-17)26-18-5-11-27-15-18)24-9-7-23(8-10-24)14-16-2-1-6-21-12-16/h1-4,6,12-13,18H,5,7-11,14-15H2. The maximum Gasteiger partial charge on any atom is 0.255 e. The fourth-order valence-electron chi connectivity index (χ4n) is 3.39. The minimum absolute atomic E-state index is 0.0477. The minimum Gasteiger partial charge on any atom is -0.473 e. The SMILES string of the molecule is O=C(c1ccc(OC2CCSC2)nc1)N1CCN(Cc2cccnc2)CC1. The van der Waals surface area contributed by atoms with Gasteiger partial charge in [-0.25, -0.2) is 4.98 Å². The monoisotopic (exact) mass is 384 g/mol. The van der Waals surface area contributed by atoms with Crippen LogP contribution < -0.4 is 4.74 Å². The van der Waals surface area contributed by atoms with E-state index < -0.39 is 0 Å². The van der Waals surface area contributed by atoms with E-state index in [1.54, 1.807) is 12.4 Å². The second kappa shape index (κ2) is 8.71. The Balaban J connectivity index is 1.28. The smallest absolute Gasteiger partial charge is 0.255 e. The van der Waals surface area contributed by atoms with E-state index in [-0.39, 0.29) is 12.0 Å². The molecule has 4 rings (SSSR count). The molecule has 2 fully saturated rings. The third-order valence-corrected chi connectivity index (χ3v) is 6.08. The number of hydrogen-bond donors (Lipinski definition) is 0. The maximum absolute atomic E-state index is 12.7. The van der Waals surface area contributed by atoms with Gasteiger partial charge in [0.25, 0.3) is 5.91 Å². The Morgan fingerprint density at radius 1 is 1.19 bits per heavy atom. The van der Waals surface area contributed by atoms with Crippen LogP contribution in [-0.4, -0.2) is 69.5 Å². The number of hydrogen-bond acceptors (Lipinski definition) is 6. The molecule has 6 nitrogen and oxygen atoms in total. The molecular formula is C20H24N4O2S. The number of pyridine rings is 2. The molecule has 2 aromatic heterocycles. The summed E-state index contributed by atoms with van der Waals surface area (Å²) in [7, 11) is 0. The fraction of sp³-hybridized carbons (Fsp3) is 0.450. The lowest BCUT2D eigenvalue weighted by Gasteiger charge is -2.34. The molecule has 0 radical (unpaired) electrons. The van der Waals surface area contributed by atoms with Crippen LogP contribution in [-0.2, 0) is 6.54 Å². The van der Waals surface area contributed by atoms with Gasteiger partial charge in [0.15, 0.2) is 0 Å². The number of nitrogens with zero attached hydrogens (tertiary/aromatic N) is 4. The van der Waals surface area contributed by atoms with Gasteiger partial charge in [-0.05, 0) is 29.9 Å². The molecule has 2 aromatic rings. The van der Waals surface area contributed by atoms with Crippen molar-refractivity contribution < 1.29 is 9.53 Å². The van der Waals surface area contributed by atoms with Crippen molar-refractivity contribution in [2.75, 3.05) is 37.7 Å². The third kappa shape index (κ3) is 4.78. The molecule has 2 aliphatic heterocycles. The van der Waals surface area contributed by atoms with Crippen molar-refractivity contribution in [2.24, 2.45) is 0 Å². The first kappa shape index (κ1) is 18.3. The predicted molar refractivity (Wildman–Crippen MR) is 106 cm³/mol. The molecule has 1 atom stereocenters. The number of amides is 1. The Bertz CT molecular complexity index is 742. The molecule has 27 heavy (non-hydrogen) atoms. The molecule has 0 aliphatic carbocycles. The molecule has 0 spiro atoms. The summed E-state index contributed by atoms with van der Waals surface area (Å²) in [6.45, 7) is 4.08. The fourth-order valence-corrected chi connectivity index (χ4v) is 4.49. The van der Waals surface area contributed by atoms with E-state index in [0.717, 1.165) is 50.7 Å². The van der Waals surface area contributed by atoms with E-state index in [0.29, 0.717) is 11.4 Å². The normalized spacial score (nSPS) is 20.6. The van der Waals surface area contributed by atoms with E-state index in [1.807, 2.05) is 41.1 Å². The van der Waals surface area contributed by atoms with Crippen molar-refractivity contribution in [3.8, 4) is 5.88 Å². The Labute approximate surface area is 163 Å². The Morgan fingerprint density at radius 2 is 2.07 bits per heavy atom. The van der Waals surface area contributed by atoms with Gasteiger partial charge in [0.2, 0.25) is 5.88 Å². The van der Waals surface area contributed by atoms with Crippen molar-refractivity contribution >= 4 is 17.7 Å². The highest BCUT2D eigenvalue weighted by molar-refractivity contribution is 7.99. The highest BCUT2D eigenvalue weighted by Crippen LogP contribution is 2.22. The van der Waals surface area contributed by atoms with Gasteiger partial charge in [0.05, 0.1) is 5.56 Å². The Kier molecular flexibility index (Phi) is 5.89. The van der Waals surface area contributed by atoms with Gasteiger partial charge in [0, 0.05) is 63.1 Å². The van der Waals surface area contributed by atoms with Crippen LogP contribution in [0.5, 0.6) is 5.88 Å². The van der Waals surface area contributed by atoms with Gasteiger partial charge in [-0.15, -0.1) is 0 Å². The Hall–Kier alpha value is -2.12. The highest BCUT2D eigenvalue weighted by atomic mass is 32.2. The number of carbonyl (C=O) groups is 1. The molecule has 4 heterocycles. The van der Waals surface area contributed by atoms with Crippen LogP contribution in [0.2, 0.25) is 0 Å². The van der Waals surface area contributed by atoms with Crippen molar-refractivity contribution in [2.45, 2.75) is 19.1 Å². The first-order valence-electron chi connectivity index (χ1n) is 9.39. The number of ether oxygens (including phenoxy) is 1. The first-order valence-corrected chi connectivity index (χ1v) is 10.5. The van der Waals surface area contributed by atoms with Crippen LogP contribution in [0.25, 0.3) is 0 Å². The van der Waals surface area contributed by atoms with Gasteiger partial charge in [-0.3, -0.25) is 14.7 Å². The summed E-state index contributed by atoms with van der Waals surface area (Å²) in [6, 6.07) is 7.69. The summed E-state index contributed by atoms with van der Waals surface area (Å²) in [5.74, 6) is 2.83. The van der Waals surface area contributed by atoms with E-state index in [9.17, 15) is 4.79 Å². The zero-order chi connectivity index (χ0) is 18.5. The summed E-state index contributed by atoms with van der Waals surface area (Å²) in [6.07, 6.45) is 6.64. The molecule has 0 aromatic carbocycles. The van der Waals surface area contributed by atoms with Crippen LogP contribution in [0.4, 0.5) is 0 Å². The van der Waals surface area contributed by atoms with Crippen LogP contribution in [0.1, 0.15) is 22.3 Å². The van der Waals surface area contributed by atoms with Gasteiger partial charge < -0.3 is 9.64 Å². The second-order valence-electron chi connectivity index (χ2n) is 6.92. The minimum atomic E-state index is 0.0477. The molecular weight excluding hydrogens is 360 g/mol. The molecule has 2 aliphatic rings. The van der Waals surface area contributed by atoms with E-state index in [4.69, 9.17) is 4.74 Å². The molecule has 7 heteroatoms. The first-order chi connectivity index (χ1) is 13.3. The van der Waals surface area contributed by atoms with Gasteiger partial charge in [-0.2, -0.15) is 11.8 Å². The molecule has 142 valence electrons. The number of piperazine rings is 1. The summed E-state index contributed by atoms with van der Waals surface area (Å²) < 4.78 is 5.86. The van der Waals surface area contributed by atoms with Crippen LogP contribution >= 0.6 is 11.8 Å². The molecule has 1 amide bonds. The van der Waals surface area contributed by atoms with Gasteiger partial charge in [0.1, 0.15) is 6.10 Å². The van der Waals surface area contributed by atoms with Gasteiger partial charge in [-0.1, -0.05) is 6.07 Å². The molecule has 0 bridgehead atoms. The lowest BCUT2D eigenvalue weighted by molar-refractivity contribution is 0.0628. The number of aromatic nitrogens is 2. The molecule has 0 N–H and O–H groups in total. The summed E-state index contributed by atoms with van der Waals surface area (Å²) in [5, 5.41) is 0. The Morgan fingerprint density at radius 3 is 2.74 bits per heavy atom. The quantitative estimate of drug-likeness (QED) is 0.789. The summed E-state index contributed by atoms with van der Waals surface area (Å²) in [4.78, 5) is 25.5. The van der Waals surface area contributed by atoms with E-state index >= 15 is 0 Å². The number of rotatable bonds is 5. The third-order valence-electron chi connectivity index (χ3n) is 4.95. The summed E-state index contributed by atoms with van der Waals surface area (Å²) >= 11 is 1.91. The zero-order valence-electron chi connectivity index (χ0n) is 15.3. The average molecular weight is 385 g/mol. The van der Waals surface area contributed by atoms with E-state index in [1.165, 1.54) is 5.56 Å². The van der Waals surface area contributed by atoms with Crippen molar-refractivity contribution in [1.29, 1.82) is 0 Å². The maximum atomic E-state index is 12.7. The molecule has 2 saturated heterocycles. The van der Waals surface area contributed by atoms with Gasteiger partial charge >= 0.3 is 0 Å². The topological polar surface area (TPSA) is 58.6 Å². The van der Waals surface area contributed by atoms with Crippen molar-refractivity contribution in [3.63, 3.8) is 0 Å². The largest absolute Gasteiger partial charge is 0.473 e. The van der Waals surface area contributed by atoms with Crippen LogP contribution in [0, 0.1) is 0 Å². The van der Waals surface area contributed by atoms with Crippen LogP contribution in [0.3, 0.4) is 0 Å². The average Bonchev–Trinajstić information content (AvgIpc) is 3.22. The van der Waals surface area contributed by atoms with Crippen LogP contribution in [0.15, 0.2) is 42.9 Å². The summed E-state index contributed by atoms with van der Waals surface area (Å²) in [5.41, 5.74) is 1.83.